The van der Waals surface area contributed by atoms with Gasteiger partial charge in [0.25, 0.3) is 11.8 Å². The highest BCUT2D eigenvalue weighted by Crippen LogP contribution is 2.64. The van der Waals surface area contributed by atoms with Crippen LogP contribution in [0.2, 0.25) is 0 Å². The van der Waals surface area contributed by atoms with Crippen LogP contribution in [0.25, 0.3) is 0 Å². The van der Waals surface area contributed by atoms with Crippen molar-refractivity contribution in [2.75, 3.05) is 27.3 Å². The minimum atomic E-state index is -0.253. The van der Waals surface area contributed by atoms with E-state index in [9.17, 15) is 9.59 Å². The van der Waals surface area contributed by atoms with Gasteiger partial charge >= 0.3 is 0 Å². The van der Waals surface area contributed by atoms with E-state index in [0.717, 1.165) is 18.3 Å². The highest BCUT2D eigenvalue weighted by molar-refractivity contribution is 6.19. The van der Waals surface area contributed by atoms with Gasteiger partial charge in [-0.15, -0.1) is 0 Å². The van der Waals surface area contributed by atoms with Crippen molar-refractivity contribution in [3.8, 4) is 0 Å². The summed E-state index contributed by atoms with van der Waals surface area (Å²) >= 11 is 0. The quantitative estimate of drug-likeness (QED) is 0.595. The molecule has 0 saturated heterocycles. The second-order valence-electron chi connectivity index (χ2n) is 10.1. The van der Waals surface area contributed by atoms with Crippen molar-refractivity contribution in [2.45, 2.75) is 64.8 Å². The highest BCUT2D eigenvalue weighted by atomic mass is 16.5. The van der Waals surface area contributed by atoms with E-state index >= 15 is 0 Å². The summed E-state index contributed by atoms with van der Waals surface area (Å²) in [5, 5.41) is 2.85. The summed E-state index contributed by atoms with van der Waals surface area (Å²) in [6.07, 6.45) is 11.0. The van der Waals surface area contributed by atoms with Crippen molar-refractivity contribution in [1.82, 2.24) is 10.2 Å². The van der Waals surface area contributed by atoms with Gasteiger partial charge in [0, 0.05) is 32.2 Å². The number of nitrogens with zero attached hydrogens (tertiary/aromatic N) is 1. The number of rotatable bonds is 4. The maximum Gasteiger partial charge on any atom is 0.259 e. The molecule has 1 aliphatic heterocycles. The Kier molecular flexibility index (Phi) is 5.09. The number of likely N-dealkylation sites (N-methyl/N-ethyl adjacent to an activating group) is 1. The molecule has 0 spiro atoms. The molecule has 0 aromatic rings. The van der Waals surface area contributed by atoms with E-state index in [2.05, 4.69) is 25.2 Å². The Morgan fingerprint density at radius 3 is 2.75 bits per heavy atom. The Bertz CT molecular complexity index is 689. The topological polar surface area (TPSA) is 58.6 Å². The monoisotopic (exact) mass is 388 g/mol. The van der Waals surface area contributed by atoms with Crippen LogP contribution in [0.15, 0.2) is 11.6 Å². The molecule has 1 heterocycles. The van der Waals surface area contributed by atoms with E-state index in [-0.39, 0.29) is 23.3 Å². The van der Waals surface area contributed by atoms with Gasteiger partial charge in [-0.05, 0) is 61.7 Å². The summed E-state index contributed by atoms with van der Waals surface area (Å²) in [4.78, 5) is 27.6. The van der Waals surface area contributed by atoms with Crippen molar-refractivity contribution in [3.63, 3.8) is 0 Å². The summed E-state index contributed by atoms with van der Waals surface area (Å²) in [6.45, 7) is 5.71. The third-order valence-electron chi connectivity index (χ3n) is 8.82. The number of amides is 2. The second-order valence-corrected chi connectivity index (χ2v) is 10.1. The Morgan fingerprint density at radius 1 is 1.21 bits per heavy atom. The van der Waals surface area contributed by atoms with Crippen molar-refractivity contribution in [1.29, 1.82) is 0 Å². The van der Waals surface area contributed by atoms with Gasteiger partial charge in [0.15, 0.2) is 0 Å². The van der Waals surface area contributed by atoms with Crippen molar-refractivity contribution in [3.05, 3.63) is 11.6 Å². The average molecular weight is 389 g/mol. The Balaban J connectivity index is 1.65. The fraction of sp³-hybridized carbons (Fsp3) is 0.826. The summed E-state index contributed by atoms with van der Waals surface area (Å²) < 4.78 is 5.02. The number of ether oxygens (including phenoxy) is 1. The molecule has 3 fully saturated rings. The molecule has 156 valence electrons. The van der Waals surface area contributed by atoms with Crippen LogP contribution in [-0.2, 0) is 14.3 Å². The molecule has 4 rings (SSSR count). The van der Waals surface area contributed by atoms with Gasteiger partial charge in [-0.25, -0.2) is 0 Å². The molecule has 2 amide bonds. The van der Waals surface area contributed by atoms with Crippen LogP contribution >= 0.6 is 0 Å². The van der Waals surface area contributed by atoms with Crippen LogP contribution in [0.1, 0.15) is 58.8 Å². The van der Waals surface area contributed by atoms with Crippen LogP contribution in [0, 0.1) is 28.6 Å². The molecule has 1 N–H and O–H groups in total. The van der Waals surface area contributed by atoms with Crippen LogP contribution in [0.4, 0.5) is 0 Å². The van der Waals surface area contributed by atoms with Gasteiger partial charge in [-0.1, -0.05) is 26.3 Å². The van der Waals surface area contributed by atoms with E-state index in [1.54, 1.807) is 7.11 Å². The second kappa shape index (κ2) is 7.16. The molecule has 5 nitrogen and oxygen atoms in total. The number of hydrogen-bond acceptors (Lipinski definition) is 3. The zero-order valence-electron chi connectivity index (χ0n) is 17.9. The molecule has 5 heteroatoms. The van der Waals surface area contributed by atoms with Crippen LogP contribution < -0.4 is 5.32 Å². The minimum absolute atomic E-state index is 0.108. The zero-order chi connectivity index (χ0) is 20.1. The molecular formula is C23H36N2O3. The molecule has 3 aliphatic carbocycles. The number of fused-ring (bicyclic) bond motifs is 5. The standard InChI is InChI=1S/C23H36N2O3/c1-22-10-5-6-17(22)15-7-8-19-23(2,18(15)9-11-22)14-16(21(27)25(19)3)20(26)24-12-13-28-4/h14-15,17-19H,5-13H2,1-4H3,(H,24,26)/t15-,17-,18+,19?,22-,23+/m0/s1. The van der Waals surface area contributed by atoms with Gasteiger partial charge < -0.3 is 15.0 Å². The fourth-order valence-corrected chi connectivity index (χ4v) is 7.41. The third kappa shape index (κ3) is 2.92. The maximum absolute atomic E-state index is 13.0. The molecule has 3 saturated carbocycles. The lowest BCUT2D eigenvalue weighted by atomic mass is 9.48. The average Bonchev–Trinajstić information content (AvgIpc) is 3.06. The van der Waals surface area contributed by atoms with Crippen LogP contribution in [0.5, 0.6) is 0 Å². The van der Waals surface area contributed by atoms with Gasteiger partial charge in [0.2, 0.25) is 0 Å². The van der Waals surface area contributed by atoms with E-state index in [4.69, 9.17) is 4.74 Å². The van der Waals surface area contributed by atoms with E-state index < -0.39 is 0 Å². The van der Waals surface area contributed by atoms with E-state index in [0.29, 0.717) is 30.1 Å². The van der Waals surface area contributed by atoms with Gasteiger partial charge in [-0.2, -0.15) is 0 Å². The summed E-state index contributed by atoms with van der Waals surface area (Å²) in [5.74, 6) is 1.74. The van der Waals surface area contributed by atoms with E-state index in [1.807, 2.05) is 11.9 Å². The first kappa shape index (κ1) is 19.9. The van der Waals surface area contributed by atoms with Crippen molar-refractivity contribution in [2.24, 2.45) is 28.6 Å². The first-order chi connectivity index (χ1) is 13.3. The molecule has 0 aromatic carbocycles. The number of carbonyl (C=O) groups excluding carboxylic acids is 2. The lowest BCUT2D eigenvalue weighted by molar-refractivity contribution is -0.141. The lowest BCUT2D eigenvalue weighted by Crippen LogP contribution is -2.61. The fourth-order valence-electron chi connectivity index (χ4n) is 7.41. The number of methoxy groups -OCH3 is 1. The molecule has 0 bridgehead atoms. The first-order valence-electron chi connectivity index (χ1n) is 11.1. The molecule has 6 atom stereocenters. The van der Waals surface area contributed by atoms with E-state index in [1.165, 1.54) is 38.5 Å². The van der Waals surface area contributed by atoms with Gasteiger partial charge in [0.1, 0.15) is 5.57 Å². The number of nitrogens with one attached hydrogen (secondary N) is 1. The molecule has 4 aliphatic rings. The van der Waals surface area contributed by atoms with Gasteiger partial charge in [0.05, 0.1) is 6.61 Å². The summed E-state index contributed by atoms with van der Waals surface area (Å²) in [5.41, 5.74) is 0.742. The largest absolute Gasteiger partial charge is 0.383 e. The number of carbonyl (C=O) groups is 2. The zero-order valence-corrected chi connectivity index (χ0v) is 17.9. The summed E-state index contributed by atoms with van der Waals surface area (Å²) in [6, 6.07) is 0.211. The van der Waals surface area contributed by atoms with Crippen molar-refractivity contribution >= 4 is 11.8 Å². The highest BCUT2D eigenvalue weighted by Gasteiger charge is 2.59. The smallest absolute Gasteiger partial charge is 0.259 e. The maximum atomic E-state index is 13.0. The van der Waals surface area contributed by atoms with Crippen LogP contribution in [-0.4, -0.2) is 50.1 Å². The predicted molar refractivity (Wildman–Crippen MR) is 109 cm³/mol. The predicted octanol–water partition coefficient (Wildman–Crippen LogP) is 3.15. The van der Waals surface area contributed by atoms with Crippen LogP contribution in [0.3, 0.4) is 0 Å². The third-order valence-corrected chi connectivity index (χ3v) is 8.82. The minimum Gasteiger partial charge on any atom is -0.383 e. The molecule has 0 radical (unpaired) electrons. The molecule has 1 unspecified atom stereocenters. The Labute approximate surface area is 169 Å². The van der Waals surface area contributed by atoms with Crippen molar-refractivity contribution < 1.29 is 14.3 Å². The molecular weight excluding hydrogens is 352 g/mol. The normalized spacial score (nSPS) is 42.4. The summed E-state index contributed by atoms with van der Waals surface area (Å²) in [7, 11) is 3.50. The van der Waals surface area contributed by atoms with Gasteiger partial charge in [-0.3, -0.25) is 9.59 Å². The Morgan fingerprint density at radius 2 is 2.00 bits per heavy atom. The number of hydrogen-bond donors (Lipinski definition) is 1. The SMILES string of the molecule is COCCNC(=O)C1=C[C@@]2(C)C(CC[C@@H]3[C@H]2CC[C@]2(C)CCC[C@@H]32)N(C)C1=O. The first-order valence-corrected chi connectivity index (χ1v) is 11.1. The lowest BCUT2D eigenvalue weighted by Gasteiger charge is -2.60. The molecule has 0 aromatic heterocycles. The Hall–Kier alpha value is -1.36. The molecule has 28 heavy (non-hydrogen) atoms.